The summed E-state index contributed by atoms with van der Waals surface area (Å²) < 4.78 is 27.3. The van der Waals surface area contributed by atoms with Crippen molar-refractivity contribution in [2.24, 2.45) is 0 Å². The molecule has 1 aromatic heterocycles. The zero-order valence-corrected chi connectivity index (χ0v) is 12.6. The van der Waals surface area contributed by atoms with Crippen LogP contribution in [-0.4, -0.2) is 8.42 Å². The van der Waals surface area contributed by atoms with Gasteiger partial charge in [0.2, 0.25) is 0 Å². The first kappa shape index (κ1) is 14.1. The van der Waals surface area contributed by atoms with E-state index in [1.165, 1.54) is 16.9 Å². The van der Waals surface area contributed by atoms with Crippen LogP contribution in [0.1, 0.15) is 24.3 Å². The highest BCUT2D eigenvalue weighted by atomic mass is 32.2. The molecule has 0 spiro atoms. The zero-order chi connectivity index (χ0) is 13.9. The maximum absolute atomic E-state index is 12.2. The van der Waals surface area contributed by atoms with Gasteiger partial charge >= 0.3 is 0 Å². The fourth-order valence-corrected chi connectivity index (χ4v) is 4.06. The van der Waals surface area contributed by atoms with Crippen LogP contribution in [-0.2, 0) is 22.9 Å². The molecule has 0 aliphatic carbocycles. The number of benzene rings is 1. The lowest BCUT2D eigenvalue weighted by molar-refractivity contribution is 0.603. The number of nitrogens with one attached hydrogen (secondary N) is 1. The summed E-state index contributed by atoms with van der Waals surface area (Å²) in [6.07, 6.45) is 1.79. The molecule has 0 aliphatic heterocycles. The van der Waals surface area contributed by atoms with E-state index in [0.717, 1.165) is 17.7 Å². The van der Waals surface area contributed by atoms with E-state index in [1.807, 2.05) is 25.1 Å². The van der Waals surface area contributed by atoms with Gasteiger partial charge in [0.15, 0.2) is 0 Å². The van der Waals surface area contributed by atoms with Crippen molar-refractivity contribution in [3.63, 3.8) is 0 Å². The molecule has 0 aliphatic rings. The molecule has 102 valence electrons. The van der Waals surface area contributed by atoms with Gasteiger partial charge in [-0.1, -0.05) is 26.0 Å². The number of hydrogen-bond donors (Lipinski definition) is 1. The van der Waals surface area contributed by atoms with Gasteiger partial charge < -0.3 is 0 Å². The van der Waals surface area contributed by atoms with Crippen LogP contribution in [0.5, 0.6) is 0 Å². The van der Waals surface area contributed by atoms with Crippen LogP contribution < -0.4 is 4.72 Å². The zero-order valence-electron chi connectivity index (χ0n) is 11.0. The molecule has 0 bridgehead atoms. The Bertz CT molecular complexity index is 642. The van der Waals surface area contributed by atoms with E-state index in [4.69, 9.17) is 0 Å². The van der Waals surface area contributed by atoms with Gasteiger partial charge in [-0.2, -0.15) is 0 Å². The maximum atomic E-state index is 12.2. The van der Waals surface area contributed by atoms with E-state index < -0.39 is 10.0 Å². The molecule has 2 rings (SSSR count). The van der Waals surface area contributed by atoms with Gasteiger partial charge in [-0.3, -0.25) is 4.72 Å². The fraction of sp³-hybridized carbons (Fsp3) is 0.286. The largest absolute Gasteiger partial charge is 0.279 e. The minimum Gasteiger partial charge on any atom is -0.279 e. The number of aryl methyl sites for hydroxylation is 2. The number of rotatable bonds is 5. The minimum atomic E-state index is -3.45. The Hall–Kier alpha value is -1.33. The van der Waals surface area contributed by atoms with Crippen molar-refractivity contribution in [1.29, 1.82) is 0 Å². The van der Waals surface area contributed by atoms with Crippen molar-refractivity contribution in [3.05, 3.63) is 46.8 Å². The van der Waals surface area contributed by atoms with Gasteiger partial charge in [0.25, 0.3) is 10.0 Å². The highest BCUT2D eigenvalue weighted by Crippen LogP contribution is 2.24. The van der Waals surface area contributed by atoms with Crippen molar-refractivity contribution >= 4 is 27.0 Å². The average molecular weight is 295 g/mol. The number of anilines is 1. The van der Waals surface area contributed by atoms with Crippen LogP contribution in [0.15, 0.2) is 40.6 Å². The highest BCUT2D eigenvalue weighted by Gasteiger charge is 2.16. The highest BCUT2D eigenvalue weighted by molar-refractivity contribution is 7.94. The van der Waals surface area contributed by atoms with Crippen molar-refractivity contribution in [2.75, 3.05) is 4.72 Å². The lowest BCUT2D eigenvalue weighted by Crippen LogP contribution is -2.11. The van der Waals surface area contributed by atoms with Crippen LogP contribution in [0, 0.1) is 0 Å². The van der Waals surface area contributed by atoms with Gasteiger partial charge in [-0.05, 0) is 42.7 Å². The molecule has 5 heteroatoms. The lowest BCUT2D eigenvalue weighted by Gasteiger charge is -2.06. The first-order chi connectivity index (χ1) is 9.05. The summed E-state index contributed by atoms with van der Waals surface area (Å²) in [5.41, 5.74) is 1.79. The molecule has 0 radical (unpaired) electrons. The Balaban J connectivity index is 2.20. The van der Waals surface area contributed by atoms with Crippen LogP contribution in [0.3, 0.4) is 0 Å². The summed E-state index contributed by atoms with van der Waals surface area (Å²) in [4.78, 5) is 1.07. The summed E-state index contributed by atoms with van der Waals surface area (Å²) in [5, 5.41) is 0. The third kappa shape index (κ3) is 3.36. The minimum absolute atomic E-state index is 0.365. The third-order valence-electron chi connectivity index (χ3n) is 2.86. The topological polar surface area (TPSA) is 46.2 Å². The van der Waals surface area contributed by atoms with Crippen LogP contribution in [0.4, 0.5) is 5.69 Å². The second-order valence-electron chi connectivity index (χ2n) is 4.23. The quantitative estimate of drug-likeness (QED) is 0.914. The van der Waals surface area contributed by atoms with E-state index in [2.05, 4.69) is 11.6 Å². The molecule has 0 unspecified atom stereocenters. The SMILES string of the molecule is CCc1ccc(NS(=O)(=O)c2ccc(CC)s2)cc1. The predicted molar refractivity (Wildman–Crippen MR) is 80.3 cm³/mol. The van der Waals surface area contributed by atoms with Crippen LogP contribution >= 0.6 is 11.3 Å². The maximum Gasteiger partial charge on any atom is 0.271 e. The molecule has 0 atom stereocenters. The summed E-state index contributed by atoms with van der Waals surface area (Å²) in [7, 11) is -3.45. The van der Waals surface area contributed by atoms with Gasteiger partial charge in [-0.25, -0.2) is 8.42 Å². The fourth-order valence-electron chi connectivity index (χ4n) is 1.71. The molecule has 0 saturated carbocycles. The summed E-state index contributed by atoms with van der Waals surface area (Å²) >= 11 is 1.32. The predicted octanol–water partition coefficient (Wildman–Crippen LogP) is 3.67. The van der Waals surface area contributed by atoms with Crippen molar-refractivity contribution in [1.82, 2.24) is 0 Å². The van der Waals surface area contributed by atoms with E-state index in [-0.39, 0.29) is 0 Å². The smallest absolute Gasteiger partial charge is 0.271 e. The first-order valence-electron chi connectivity index (χ1n) is 6.25. The Morgan fingerprint density at radius 3 is 2.21 bits per heavy atom. The van der Waals surface area contributed by atoms with Gasteiger partial charge in [0.05, 0.1) is 0 Å². The van der Waals surface area contributed by atoms with Crippen LogP contribution in [0.25, 0.3) is 0 Å². The average Bonchev–Trinajstić information content (AvgIpc) is 2.89. The molecule has 2 aromatic rings. The molecular formula is C14H17NO2S2. The van der Waals surface area contributed by atoms with E-state index in [1.54, 1.807) is 18.2 Å². The molecule has 0 saturated heterocycles. The monoisotopic (exact) mass is 295 g/mol. The molecule has 1 N–H and O–H groups in total. The Kier molecular flexibility index (Phi) is 4.27. The molecule has 1 aromatic carbocycles. The summed E-state index contributed by atoms with van der Waals surface area (Å²) in [5.74, 6) is 0. The van der Waals surface area contributed by atoms with Crippen LogP contribution in [0.2, 0.25) is 0 Å². The Labute approximate surface area is 118 Å². The molecule has 1 heterocycles. The summed E-state index contributed by atoms with van der Waals surface area (Å²) in [6.45, 7) is 4.08. The Morgan fingerprint density at radius 2 is 1.68 bits per heavy atom. The number of thiophene rings is 1. The van der Waals surface area contributed by atoms with E-state index in [9.17, 15) is 8.42 Å². The second kappa shape index (κ2) is 5.75. The standard InChI is InChI=1S/C14H17NO2S2/c1-3-11-5-7-12(8-6-11)15-19(16,17)14-10-9-13(4-2)18-14/h5-10,15H,3-4H2,1-2H3. The molecular weight excluding hydrogens is 278 g/mol. The number of hydrogen-bond acceptors (Lipinski definition) is 3. The van der Waals surface area contributed by atoms with Gasteiger partial charge in [-0.15, -0.1) is 11.3 Å². The normalized spacial score (nSPS) is 11.5. The molecule has 0 amide bonds. The van der Waals surface area contributed by atoms with E-state index >= 15 is 0 Å². The molecule has 0 fully saturated rings. The first-order valence-corrected chi connectivity index (χ1v) is 8.55. The van der Waals surface area contributed by atoms with Gasteiger partial charge in [0.1, 0.15) is 4.21 Å². The van der Waals surface area contributed by atoms with Crippen molar-refractivity contribution < 1.29 is 8.42 Å². The van der Waals surface area contributed by atoms with E-state index in [0.29, 0.717) is 9.90 Å². The molecule has 19 heavy (non-hydrogen) atoms. The van der Waals surface area contributed by atoms with Gasteiger partial charge in [0, 0.05) is 10.6 Å². The van der Waals surface area contributed by atoms with Crippen molar-refractivity contribution in [3.8, 4) is 0 Å². The third-order valence-corrected chi connectivity index (χ3v) is 5.97. The number of sulfonamides is 1. The van der Waals surface area contributed by atoms with Crippen molar-refractivity contribution in [2.45, 2.75) is 30.9 Å². The molecule has 3 nitrogen and oxygen atoms in total. The Morgan fingerprint density at radius 1 is 1.00 bits per heavy atom. The lowest BCUT2D eigenvalue weighted by atomic mass is 10.2. The summed E-state index contributed by atoms with van der Waals surface area (Å²) in [6, 6.07) is 11.0. The second-order valence-corrected chi connectivity index (χ2v) is 7.31.